The van der Waals surface area contributed by atoms with Gasteiger partial charge in [-0.1, -0.05) is 20.8 Å². The molecule has 1 N–H and O–H groups in total. The third-order valence-corrected chi connectivity index (χ3v) is 3.92. The summed E-state index contributed by atoms with van der Waals surface area (Å²) < 4.78 is 0. The zero-order valence-corrected chi connectivity index (χ0v) is 12.6. The van der Waals surface area contributed by atoms with Gasteiger partial charge in [0.1, 0.15) is 0 Å². The lowest BCUT2D eigenvalue weighted by Gasteiger charge is -2.28. The summed E-state index contributed by atoms with van der Waals surface area (Å²) in [5.74, 6) is 1.03. The van der Waals surface area contributed by atoms with E-state index in [0.717, 1.165) is 18.1 Å². The second-order valence-electron chi connectivity index (χ2n) is 5.81. The van der Waals surface area contributed by atoms with Crippen LogP contribution in [0, 0.1) is 0 Å². The van der Waals surface area contributed by atoms with Crippen LogP contribution in [0.3, 0.4) is 0 Å². The summed E-state index contributed by atoms with van der Waals surface area (Å²) in [6, 6.07) is 5.90. The number of aromatic nitrogens is 2. The zero-order chi connectivity index (χ0) is 13.8. The van der Waals surface area contributed by atoms with Gasteiger partial charge in [-0.2, -0.15) is 5.10 Å². The van der Waals surface area contributed by atoms with E-state index >= 15 is 0 Å². The second kappa shape index (κ2) is 6.33. The van der Waals surface area contributed by atoms with Crippen LogP contribution in [-0.4, -0.2) is 28.3 Å². The van der Waals surface area contributed by atoms with Crippen molar-refractivity contribution < 1.29 is 0 Å². The number of hydrogen-bond donors (Lipinski definition) is 1. The molecule has 0 aliphatic carbocycles. The number of hydrogen-bond acceptors (Lipinski definition) is 4. The summed E-state index contributed by atoms with van der Waals surface area (Å²) in [6.45, 7) is 9.60. The van der Waals surface area contributed by atoms with Gasteiger partial charge < -0.3 is 10.2 Å². The van der Waals surface area contributed by atoms with E-state index in [1.165, 1.54) is 19.3 Å². The van der Waals surface area contributed by atoms with Crippen LogP contribution in [0.5, 0.6) is 0 Å². The predicted molar refractivity (Wildman–Crippen MR) is 79.3 cm³/mol. The number of rotatable bonds is 5. The Kier molecular flexibility index (Phi) is 4.75. The van der Waals surface area contributed by atoms with E-state index in [9.17, 15) is 0 Å². The van der Waals surface area contributed by atoms with E-state index < -0.39 is 0 Å². The lowest BCUT2D eigenvalue weighted by atomic mass is 10.1. The minimum atomic E-state index is 0.476. The minimum Gasteiger partial charge on any atom is -0.349 e. The molecular formula is C15H26N4. The normalized spacial score (nSPS) is 23.3. The van der Waals surface area contributed by atoms with E-state index in [-0.39, 0.29) is 0 Å². The van der Waals surface area contributed by atoms with Crippen LogP contribution in [0.15, 0.2) is 12.1 Å². The van der Waals surface area contributed by atoms with E-state index in [2.05, 4.69) is 60.2 Å². The molecule has 1 aliphatic heterocycles. The molecule has 106 valence electrons. The van der Waals surface area contributed by atoms with Crippen molar-refractivity contribution >= 4 is 5.82 Å². The standard InChI is InChI=1S/C15H26N4/c1-5-14-8-6-12(4)19(14)15-9-7-13(17-18-15)10-16-11(2)3/h7,9,11-12,14,16H,5-6,8,10H2,1-4H3. The van der Waals surface area contributed by atoms with Gasteiger partial charge in [-0.3, -0.25) is 0 Å². The summed E-state index contributed by atoms with van der Waals surface area (Å²) in [6.07, 6.45) is 3.72. The average Bonchev–Trinajstić information content (AvgIpc) is 2.78. The van der Waals surface area contributed by atoms with Gasteiger partial charge in [0.05, 0.1) is 5.69 Å². The lowest BCUT2D eigenvalue weighted by Crippen LogP contribution is -2.35. The molecule has 1 aromatic rings. The van der Waals surface area contributed by atoms with Gasteiger partial charge in [-0.15, -0.1) is 5.10 Å². The highest BCUT2D eigenvalue weighted by Gasteiger charge is 2.30. The molecule has 2 heterocycles. The summed E-state index contributed by atoms with van der Waals surface area (Å²) >= 11 is 0. The summed E-state index contributed by atoms with van der Waals surface area (Å²) in [5, 5.41) is 12.1. The maximum absolute atomic E-state index is 4.42. The van der Waals surface area contributed by atoms with Crippen molar-refractivity contribution in [3.63, 3.8) is 0 Å². The molecule has 2 rings (SSSR count). The fourth-order valence-corrected chi connectivity index (χ4v) is 2.78. The van der Waals surface area contributed by atoms with Crippen LogP contribution in [0.4, 0.5) is 5.82 Å². The Morgan fingerprint density at radius 1 is 1.32 bits per heavy atom. The topological polar surface area (TPSA) is 41.0 Å². The van der Waals surface area contributed by atoms with Crippen LogP contribution in [0.25, 0.3) is 0 Å². The molecule has 0 bridgehead atoms. The van der Waals surface area contributed by atoms with E-state index in [4.69, 9.17) is 0 Å². The molecule has 4 heteroatoms. The zero-order valence-electron chi connectivity index (χ0n) is 12.6. The van der Waals surface area contributed by atoms with Crippen molar-refractivity contribution in [1.29, 1.82) is 0 Å². The molecule has 19 heavy (non-hydrogen) atoms. The van der Waals surface area contributed by atoms with Crippen LogP contribution in [0.1, 0.15) is 52.7 Å². The van der Waals surface area contributed by atoms with Crippen molar-refractivity contribution in [2.45, 2.75) is 71.6 Å². The maximum Gasteiger partial charge on any atom is 0.151 e. The number of anilines is 1. The van der Waals surface area contributed by atoms with Crippen molar-refractivity contribution in [3.05, 3.63) is 17.8 Å². The first-order valence-electron chi connectivity index (χ1n) is 7.46. The molecular weight excluding hydrogens is 236 g/mol. The Balaban J connectivity index is 2.05. The number of nitrogens with zero attached hydrogens (tertiary/aromatic N) is 3. The molecule has 1 saturated heterocycles. The molecule has 2 atom stereocenters. The fourth-order valence-electron chi connectivity index (χ4n) is 2.78. The summed E-state index contributed by atoms with van der Waals surface area (Å²) in [7, 11) is 0. The summed E-state index contributed by atoms with van der Waals surface area (Å²) in [5.41, 5.74) is 1.01. The Morgan fingerprint density at radius 3 is 2.68 bits per heavy atom. The first-order valence-corrected chi connectivity index (χ1v) is 7.46. The van der Waals surface area contributed by atoms with Crippen LogP contribution >= 0.6 is 0 Å². The van der Waals surface area contributed by atoms with Gasteiger partial charge in [0.25, 0.3) is 0 Å². The van der Waals surface area contributed by atoms with E-state index in [1.54, 1.807) is 0 Å². The summed E-state index contributed by atoms with van der Waals surface area (Å²) in [4.78, 5) is 2.44. The Bertz CT molecular complexity index is 388. The molecule has 0 saturated carbocycles. The molecule has 1 aromatic heterocycles. The lowest BCUT2D eigenvalue weighted by molar-refractivity contribution is 0.574. The molecule has 1 aliphatic rings. The van der Waals surface area contributed by atoms with Gasteiger partial charge in [0.2, 0.25) is 0 Å². The third kappa shape index (κ3) is 3.44. The van der Waals surface area contributed by atoms with Gasteiger partial charge in [0.15, 0.2) is 5.82 Å². The molecule has 0 aromatic carbocycles. The van der Waals surface area contributed by atoms with Gasteiger partial charge in [-0.25, -0.2) is 0 Å². The quantitative estimate of drug-likeness (QED) is 0.886. The maximum atomic E-state index is 4.42. The Morgan fingerprint density at radius 2 is 2.11 bits per heavy atom. The fraction of sp³-hybridized carbons (Fsp3) is 0.733. The molecule has 4 nitrogen and oxygen atoms in total. The van der Waals surface area contributed by atoms with Crippen molar-refractivity contribution in [2.24, 2.45) is 0 Å². The molecule has 0 amide bonds. The van der Waals surface area contributed by atoms with Crippen molar-refractivity contribution in [1.82, 2.24) is 15.5 Å². The van der Waals surface area contributed by atoms with Crippen LogP contribution in [0.2, 0.25) is 0 Å². The predicted octanol–water partition coefficient (Wildman–Crippen LogP) is 2.74. The highest BCUT2D eigenvalue weighted by Crippen LogP contribution is 2.30. The highest BCUT2D eigenvalue weighted by atomic mass is 15.3. The number of nitrogens with one attached hydrogen (secondary N) is 1. The Labute approximate surface area is 116 Å². The van der Waals surface area contributed by atoms with E-state index in [1.807, 2.05) is 0 Å². The minimum absolute atomic E-state index is 0.476. The monoisotopic (exact) mass is 262 g/mol. The van der Waals surface area contributed by atoms with Gasteiger partial charge in [-0.05, 0) is 38.3 Å². The van der Waals surface area contributed by atoms with Gasteiger partial charge in [0, 0.05) is 24.7 Å². The van der Waals surface area contributed by atoms with Crippen molar-refractivity contribution in [2.75, 3.05) is 4.90 Å². The average molecular weight is 262 g/mol. The molecule has 0 radical (unpaired) electrons. The Hall–Kier alpha value is -1.16. The smallest absolute Gasteiger partial charge is 0.151 e. The van der Waals surface area contributed by atoms with E-state index in [0.29, 0.717) is 18.1 Å². The second-order valence-corrected chi connectivity index (χ2v) is 5.81. The highest BCUT2D eigenvalue weighted by molar-refractivity contribution is 5.41. The SMILES string of the molecule is CCC1CCC(C)N1c1ccc(CNC(C)C)nn1. The first kappa shape index (κ1) is 14.3. The van der Waals surface area contributed by atoms with Crippen LogP contribution < -0.4 is 10.2 Å². The van der Waals surface area contributed by atoms with Crippen molar-refractivity contribution in [3.8, 4) is 0 Å². The molecule has 1 fully saturated rings. The third-order valence-electron chi connectivity index (χ3n) is 3.92. The molecule has 0 spiro atoms. The first-order chi connectivity index (χ1) is 9.11. The van der Waals surface area contributed by atoms with Crippen LogP contribution in [-0.2, 0) is 6.54 Å². The van der Waals surface area contributed by atoms with Gasteiger partial charge >= 0.3 is 0 Å². The molecule has 2 unspecified atom stereocenters. The largest absolute Gasteiger partial charge is 0.349 e.